The van der Waals surface area contributed by atoms with Gasteiger partial charge in [-0.3, -0.25) is 0 Å². The molecule has 0 spiro atoms. The molecule has 0 heterocycles. The quantitative estimate of drug-likeness (QED) is 0.839. The van der Waals surface area contributed by atoms with Crippen molar-refractivity contribution < 1.29 is 4.39 Å². The molecule has 0 aliphatic rings. The highest BCUT2D eigenvalue weighted by atomic mass is 19.1. The zero-order chi connectivity index (χ0) is 12.8. The van der Waals surface area contributed by atoms with Crippen molar-refractivity contribution in [2.45, 2.75) is 13.0 Å². The smallest absolute Gasteiger partial charge is 0.123 e. The van der Waals surface area contributed by atoms with Crippen LogP contribution in [0.5, 0.6) is 0 Å². The van der Waals surface area contributed by atoms with Crippen molar-refractivity contribution in [3.63, 3.8) is 0 Å². The Kier molecular flexibility index (Phi) is 4.13. The van der Waals surface area contributed by atoms with E-state index in [0.29, 0.717) is 0 Å². The third-order valence-electron chi connectivity index (χ3n) is 2.62. The van der Waals surface area contributed by atoms with Crippen LogP contribution in [0.25, 0.3) is 6.08 Å². The van der Waals surface area contributed by atoms with E-state index in [4.69, 9.17) is 0 Å². The van der Waals surface area contributed by atoms with Crippen molar-refractivity contribution in [2.24, 2.45) is 0 Å². The average Bonchev–Trinajstić information content (AvgIpc) is 2.39. The molecule has 0 aliphatic carbocycles. The molecule has 0 bridgehead atoms. The summed E-state index contributed by atoms with van der Waals surface area (Å²) in [7, 11) is 0. The molecular weight excluding hydrogens is 225 g/mol. The Morgan fingerprint density at radius 1 is 1.00 bits per heavy atom. The maximum absolute atomic E-state index is 12.7. The summed E-state index contributed by atoms with van der Waals surface area (Å²) in [4.78, 5) is 0. The van der Waals surface area contributed by atoms with Crippen LogP contribution in [0.1, 0.15) is 12.5 Å². The predicted molar refractivity (Wildman–Crippen MR) is 75.0 cm³/mol. The minimum absolute atomic E-state index is 0.206. The second-order valence-corrected chi connectivity index (χ2v) is 4.21. The Morgan fingerprint density at radius 3 is 2.33 bits per heavy atom. The standard InChI is InChI=1S/C16H16FN/c1-13(18-16-5-3-2-4-6-16)7-8-14-9-11-15(17)12-10-14/h2-13,18H,1H3/b8-7+. The zero-order valence-electron chi connectivity index (χ0n) is 10.3. The van der Waals surface area contributed by atoms with Gasteiger partial charge >= 0.3 is 0 Å². The first-order valence-electron chi connectivity index (χ1n) is 5.99. The van der Waals surface area contributed by atoms with Gasteiger partial charge in [0.2, 0.25) is 0 Å². The van der Waals surface area contributed by atoms with Gasteiger partial charge in [-0.2, -0.15) is 0 Å². The Balaban J connectivity index is 1.95. The minimum Gasteiger partial charge on any atom is -0.379 e. The van der Waals surface area contributed by atoms with Crippen LogP contribution in [0.4, 0.5) is 10.1 Å². The van der Waals surface area contributed by atoms with Crippen molar-refractivity contribution in [3.8, 4) is 0 Å². The monoisotopic (exact) mass is 241 g/mol. The summed E-state index contributed by atoms with van der Waals surface area (Å²) in [5.41, 5.74) is 2.09. The molecule has 1 nitrogen and oxygen atoms in total. The first-order valence-corrected chi connectivity index (χ1v) is 5.99. The second-order valence-electron chi connectivity index (χ2n) is 4.21. The summed E-state index contributed by atoms with van der Waals surface area (Å²) in [6, 6.07) is 16.7. The summed E-state index contributed by atoms with van der Waals surface area (Å²) in [6.07, 6.45) is 4.04. The third kappa shape index (κ3) is 3.74. The summed E-state index contributed by atoms with van der Waals surface area (Å²) >= 11 is 0. The van der Waals surface area contributed by atoms with Gasteiger partial charge in [-0.1, -0.05) is 42.5 Å². The van der Waals surface area contributed by atoms with E-state index >= 15 is 0 Å². The van der Waals surface area contributed by atoms with E-state index < -0.39 is 0 Å². The fraction of sp³-hybridized carbons (Fsp3) is 0.125. The molecule has 2 rings (SSSR count). The molecule has 92 valence electrons. The van der Waals surface area contributed by atoms with Gasteiger partial charge in [0.25, 0.3) is 0 Å². The summed E-state index contributed by atoms with van der Waals surface area (Å²) in [6.45, 7) is 2.08. The topological polar surface area (TPSA) is 12.0 Å². The molecule has 1 N–H and O–H groups in total. The number of para-hydroxylation sites is 1. The van der Waals surface area contributed by atoms with Gasteiger partial charge in [-0.25, -0.2) is 4.39 Å². The highest BCUT2D eigenvalue weighted by Crippen LogP contribution is 2.09. The predicted octanol–water partition coefficient (Wildman–Crippen LogP) is 4.34. The molecule has 2 aromatic carbocycles. The van der Waals surface area contributed by atoms with Crippen molar-refractivity contribution in [1.29, 1.82) is 0 Å². The number of halogens is 1. The maximum Gasteiger partial charge on any atom is 0.123 e. The molecule has 0 radical (unpaired) electrons. The number of nitrogens with one attached hydrogen (secondary N) is 1. The lowest BCUT2D eigenvalue weighted by Crippen LogP contribution is -2.11. The molecular formula is C16H16FN. The van der Waals surface area contributed by atoms with Gasteiger partial charge in [0, 0.05) is 11.7 Å². The third-order valence-corrected chi connectivity index (χ3v) is 2.62. The van der Waals surface area contributed by atoms with E-state index in [2.05, 4.69) is 18.3 Å². The Morgan fingerprint density at radius 2 is 1.67 bits per heavy atom. The molecule has 0 saturated carbocycles. The van der Waals surface area contributed by atoms with Gasteiger partial charge in [-0.05, 0) is 36.8 Å². The maximum atomic E-state index is 12.7. The van der Waals surface area contributed by atoms with Crippen LogP contribution >= 0.6 is 0 Å². The lowest BCUT2D eigenvalue weighted by molar-refractivity contribution is 0.628. The molecule has 0 amide bonds. The molecule has 0 aromatic heterocycles. The molecule has 2 heteroatoms. The SMILES string of the molecule is CC(/C=C/c1ccc(F)cc1)Nc1ccccc1. The second kappa shape index (κ2) is 6.01. The summed E-state index contributed by atoms with van der Waals surface area (Å²) < 4.78 is 12.7. The van der Waals surface area contributed by atoms with Crippen molar-refractivity contribution in [3.05, 3.63) is 72.1 Å². The zero-order valence-corrected chi connectivity index (χ0v) is 10.3. The van der Waals surface area contributed by atoms with Crippen LogP contribution in [0.3, 0.4) is 0 Å². The van der Waals surface area contributed by atoms with Crippen molar-refractivity contribution in [1.82, 2.24) is 0 Å². The number of benzene rings is 2. The van der Waals surface area contributed by atoms with E-state index in [-0.39, 0.29) is 11.9 Å². The summed E-state index contributed by atoms with van der Waals surface area (Å²) in [5, 5.41) is 3.36. The van der Waals surface area contributed by atoms with Crippen LogP contribution in [-0.2, 0) is 0 Å². The van der Waals surface area contributed by atoms with Crippen LogP contribution in [0.2, 0.25) is 0 Å². The van der Waals surface area contributed by atoms with E-state index in [0.717, 1.165) is 11.3 Å². The Hall–Kier alpha value is -2.09. The van der Waals surface area contributed by atoms with Crippen molar-refractivity contribution in [2.75, 3.05) is 5.32 Å². The number of hydrogen-bond donors (Lipinski definition) is 1. The lowest BCUT2D eigenvalue weighted by Gasteiger charge is -2.10. The molecule has 0 aliphatic heterocycles. The van der Waals surface area contributed by atoms with Crippen LogP contribution in [-0.4, -0.2) is 6.04 Å². The first-order chi connectivity index (χ1) is 8.74. The lowest BCUT2D eigenvalue weighted by atomic mass is 10.1. The molecule has 0 saturated heterocycles. The highest BCUT2D eigenvalue weighted by Gasteiger charge is 1.96. The van der Waals surface area contributed by atoms with Gasteiger partial charge in [0.05, 0.1) is 0 Å². The van der Waals surface area contributed by atoms with Gasteiger partial charge in [-0.15, -0.1) is 0 Å². The van der Waals surface area contributed by atoms with Crippen molar-refractivity contribution >= 4 is 11.8 Å². The normalized spacial score (nSPS) is 12.6. The van der Waals surface area contributed by atoms with E-state index in [9.17, 15) is 4.39 Å². The molecule has 18 heavy (non-hydrogen) atoms. The molecule has 2 aromatic rings. The van der Waals surface area contributed by atoms with E-state index in [1.807, 2.05) is 36.4 Å². The van der Waals surface area contributed by atoms with E-state index in [1.54, 1.807) is 12.1 Å². The average molecular weight is 241 g/mol. The van der Waals surface area contributed by atoms with Crippen LogP contribution in [0.15, 0.2) is 60.7 Å². The summed E-state index contributed by atoms with van der Waals surface area (Å²) in [5.74, 6) is -0.206. The Labute approximate surface area is 107 Å². The molecule has 1 unspecified atom stereocenters. The number of hydrogen-bond acceptors (Lipinski definition) is 1. The Bertz CT molecular complexity index is 502. The largest absolute Gasteiger partial charge is 0.379 e. The highest BCUT2D eigenvalue weighted by molar-refractivity contribution is 5.52. The minimum atomic E-state index is -0.206. The fourth-order valence-electron chi connectivity index (χ4n) is 1.67. The van der Waals surface area contributed by atoms with Crippen LogP contribution in [0, 0.1) is 5.82 Å². The van der Waals surface area contributed by atoms with Gasteiger partial charge in [0.15, 0.2) is 0 Å². The van der Waals surface area contributed by atoms with Gasteiger partial charge in [0.1, 0.15) is 5.82 Å². The first kappa shape index (κ1) is 12.4. The number of anilines is 1. The fourth-order valence-corrected chi connectivity index (χ4v) is 1.67. The van der Waals surface area contributed by atoms with Crippen LogP contribution < -0.4 is 5.32 Å². The molecule has 0 fully saturated rings. The van der Waals surface area contributed by atoms with Gasteiger partial charge < -0.3 is 5.32 Å². The molecule has 1 atom stereocenters. The van der Waals surface area contributed by atoms with E-state index in [1.165, 1.54) is 12.1 Å². The number of rotatable bonds is 4.